The molecule has 0 unspecified atom stereocenters. The highest BCUT2D eigenvalue weighted by Crippen LogP contribution is 2.22. The van der Waals surface area contributed by atoms with Crippen LogP contribution in [0.2, 0.25) is 0 Å². The Bertz CT molecular complexity index is 852. The number of benzene rings is 2. The maximum Gasteiger partial charge on any atom is 0.290 e. The minimum atomic E-state index is -0.404. The van der Waals surface area contributed by atoms with Crippen LogP contribution in [0.3, 0.4) is 0 Å². The van der Waals surface area contributed by atoms with Crippen molar-refractivity contribution in [1.82, 2.24) is 15.2 Å². The predicted octanol–water partition coefficient (Wildman–Crippen LogP) is 2.26. The fraction of sp³-hybridized carbons (Fsp3) is 0.0556. The van der Waals surface area contributed by atoms with Crippen molar-refractivity contribution in [2.24, 2.45) is 7.05 Å². The molecule has 1 amide bonds. The van der Waals surface area contributed by atoms with Gasteiger partial charge in [-0.15, -0.1) is 0 Å². The third kappa shape index (κ3) is 3.33. The van der Waals surface area contributed by atoms with Gasteiger partial charge in [-0.1, -0.05) is 36.4 Å². The molecule has 24 heavy (non-hydrogen) atoms. The fourth-order valence-electron chi connectivity index (χ4n) is 2.21. The fourth-order valence-corrected chi connectivity index (χ4v) is 2.21. The van der Waals surface area contributed by atoms with Crippen molar-refractivity contribution >= 4 is 17.3 Å². The molecule has 0 aliphatic heterocycles. The summed E-state index contributed by atoms with van der Waals surface area (Å²) in [5, 5.41) is 5.65. The van der Waals surface area contributed by atoms with Crippen LogP contribution in [-0.2, 0) is 7.05 Å². The molecule has 0 bridgehead atoms. The van der Waals surface area contributed by atoms with E-state index in [2.05, 4.69) is 10.5 Å². The molecular weight excluding hydrogens is 304 g/mol. The second-order valence-electron chi connectivity index (χ2n) is 5.13. The molecule has 0 fully saturated rings. The summed E-state index contributed by atoms with van der Waals surface area (Å²) in [6.45, 7) is 0. The van der Waals surface area contributed by atoms with Gasteiger partial charge in [-0.05, 0) is 30.3 Å². The number of carbonyl (C=O) groups excluding carboxylic acids is 1. The van der Waals surface area contributed by atoms with E-state index in [1.165, 1.54) is 19.2 Å². The molecule has 6 nitrogen and oxygen atoms in total. The molecule has 2 aromatic carbocycles. The first-order valence-corrected chi connectivity index (χ1v) is 7.41. The molecule has 0 aliphatic carbocycles. The highest BCUT2D eigenvalue weighted by molar-refractivity contribution is 5.94. The first kappa shape index (κ1) is 15.5. The summed E-state index contributed by atoms with van der Waals surface area (Å²) in [6, 6.07) is 21.7. The van der Waals surface area contributed by atoms with Crippen LogP contribution >= 0.6 is 0 Å². The molecule has 3 aromatic rings. The van der Waals surface area contributed by atoms with Gasteiger partial charge in [-0.2, -0.15) is 5.10 Å². The maximum atomic E-state index is 12.5. The number of rotatable bonds is 4. The monoisotopic (exact) mass is 320 g/mol. The molecule has 1 aromatic heterocycles. The van der Waals surface area contributed by atoms with Crippen molar-refractivity contribution in [1.29, 1.82) is 0 Å². The second kappa shape index (κ2) is 6.78. The first-order valence-electron chi connectivity index (χ1n) is 7.41. The molecule has 1 heterocycles. The van der Waals surface area contributed by atoms with E-state index in [-0.39, 0.29) is 11.3 Å². The Morgan fingerprint density at radius 1 is 0.917 bits per heavy atom. The van der Waals surface area contributed by atoms with Crippen LogP contribution in [0.4, 0.5) is 11.4 Å². The number of aryl methyl sites for hydroxylation is 1. The van der Waals surface area contributed by atoms with Crippen LogP contribution in [0.15, 0.2) is 77.6 Å². The second-order valence-corrected chi connectivity index (χ2v) is 5.13. The van der Waals surface area contributed by atoms with Crippen LogP contribution in [0.5, 0.6) is 0 Å². The topological polar surface area (TPSA) is 67.2 Å². The number of amides is 1. The first-order chi connectivity index (χ1) is 11.6. The van der Waals surface area contributed by atoms with Crippen LogP contribution in [-0.4, -0.2) is 15.7 Å². The minimum Gasteiger partial charge on any atom is -0.268 e. The van der Waals surface area contributed by atoms with E-state index in [0.29, 0.717) is 0 Å². The van der Waals surface area contributed by atoms with Crippen molar-refractivity contribution in [3.63, 3.8) is 0 Å². The van der Waals surface area contributed by atoms with E-state index in [0.717, 1.165) is 16.1 Å². The van der Waals surface area contributed by atoms with E-state index in [4.69, 9.17) is 0 Å². The Labute approximate surface area is 138 Å². The number of aromatic nitrogens is 2. The summed E-state index contributed by atoms with van der Waals surface area (Å²) >= 11 is 0. The Kier molecular flexibility index (Phi) is 4.38. The lowest BCUT2D eigenvalue weighted by atomic mass is 10.2. The maximum absolute atomic E-state index is 12.5. The average molecular weight is 320 g/mol. The Balaban J connectivity index is 1.93. The molecule has 3 rings (SSSR count). The van der Waals surface area contributed by atoms with Gasteiger partial charge in [-0.3, -0.25) is 20.0 Å². The van der Waals surface area contributed by atoms with Crippen molar-refractivity contribution < 1.29 is 4.79 Å². The highest BCUT2D eigenvalue weighted by atomic mass is 16.2. The Hall–Kier alpha value is -3.41. The van der Waals surface area contributed by atoms with Gasteiger partial charge in [0, 0.05) is 13.1 Å². The lowest BCUT2D eigenvalue weighted by Crippen LogP contribution is -2.40. The number of hydrogen-bond acceptors (Lipinski definition) is 4. The number of anilines is 2. The molecule has 0 aliphatic rings. The molecule has 0 radical (unpaired) electrons. The predicted molar refractivity (Wildman–Crippen MR) is 92.0 cm³/mol. The van der Waals surface area contributed by atoms with Crippen molar-refractivity contribution in [2.75, 3.05) is 5.01 Å². The van der Waals surface area contributed by atoms with Gasteiger partial charge in [0.15, 0.2) is 5.69 Å². The quantitative estimate of drug-likeness (QED) is 0.749. The molecule has 6 heteroatoms. The van der Waals surface area contributed by atoms with Crippen molar-refractivity contribution in [2.45, 2.75) is 0 Å². The zero-order valence-electron chi connectivity index (χ0n) is 13.1. The molecular formula is C18H16N4O2. The molecule has 1 N–H and O–H groups in total. The summed E-state index contributed by atoms with van der Waals surface area (Å²) in [7, 11) is 1.51. The summed E-state index contributed by atoms with van der Waals surface area (Å²) in [6.07, 6.45) is 0. The number of para-hydroxylation sites is 2. The number of hydrazine groups is 1. The van der Waals surface area contributed by atoms with Gasteiger partial charge >= 0.3 is 0 Å². The van der Waals surface area contributed by atoms with Crippen LogP contribution in [0.1, 0.15) is 10.5 Å². The zero-order valence-corrected chi connectivity index (χ0v) is 13.1. The summed E-state index contributed by atoms with van der Waals surface area (Å²) in [4.78, 5) is 24.0. The SMILES string of the molecule is Cn1nc(C(=O)NN(c2ccccc2)c2ccccc2)ccc1=O. The number of carbonyl (C=O) groups is 1. The molecule has 0 atom stereocenters. The van der Waals surface area contributed by atoms with Gasteiger partial charge in [0.25, 0.3) is 11.5 Å². The Morgan fingerprint density at radius 3 is 1.96 bits per heavy atom. The number of hydrogen-bond donors (Lipinski definition) is 1. The molecule has 120 valence electrons. The summed E-state index contributed by atoms with van der Waals surface area (Å²) in [5.74, 6) is -0.404. The average Bonchev–Trinajstić information content (AvgIpc) is 2.63. The standard InChI is InChI=1S/C18H16N4O2/c1-21-17(23)13-12-16(19-21)18(24)20-22(14-8-4-2-5-9-14)15-10-6-3-7-11-15/h2-13H,1H3,(H,20,24). The smallest absolute Gasteiger partial charge is 0.268 e. The van der Waals surface area contributed by atoms with Crippen molar-refractivity contribution in [3.8, 4) is 0 Å². The highest BCUT2D eigenvalue weighted by Gasteiger charge is 2.15. The van der Waals surface area contributed by atoms with E-state index in [1.54, 1.807) is 5.01 Å². The third-order valence-corrected chi connectivity index (χ3v) is 3.44. The molecule has 0 saturated carbocycles. The number of nitrogens with one attached hydrogen (secondary N) is 1. The van der Waals surface area contributed by atoms with E-state index >= 15 is 0 Å². The summed E-state index contributed by atoms with van der Waals surface area (Å²) < 4.78 is 1.13. The molecule has 0 spiro atoms. The molecule has 0 saturated heterocycles. The normalized spacial score (nSPS) is 10.2. The lowest BCUT2D eigenvalue weighted by Gasteiger charge is -2.25. The van der Waals surface area contributed by atoms with Crippen molar-refractivity contribution in [3.05, 3.63) is 88.8 Å². The van der Waals surface area contributed by atoms with Crippen LogP contribution in [0, 0.1) is 0 Å². The van der Waals surface area contributed by atoms with Gasteiger partial charge in [-0.25, -0.2) is 4.68 Å². The van der Waals surface area contributed by atoms with E-state index in [9.17, 15) is 9.59 Å². The van der Waals surface area contributed by atoms with E-state index in [1.807, 2.05) is 60.7 Å². The summed E-state index contributed by atoms with van der Waals surface area (Å²) in [5.41, 5.74) is 4.34. The van der Waals surface area contributed by atoms with Gasteiger partial charge in [0.2, 0.25) is 0 Å². The Morgan fingerprint density at radius 2 is 1.46 bits per heavy atom. The van der Waals surface area contributed by atoms with Crippen LogP contribution < -0.4 is 16.0 Å². The van der Waals surface area contributed by atoms with Gasteiger partial charge < -0.3 is 0 Å². The van der Waals surface area contributed by atoms with Crippen LogP contribution in [0.25, 0.3) is 0 Å². The number of nitrogens with zero attached hydrogens (tertiary/aromatic N) is 3. The van der Waals surface area contributed by atoms with Gasteiger partial charge in [0.05, 0.1) is 11.4 Å². The van der Waals surface area contributed by atoms with Gasteiger partial charge in [0.1, 0.15) is 0 Å². The largest absolute Gasteiger partial charge is 0.290 e. The van der Waals surface area contributed by atoms with E-state index < -0.39 is 5.91 Å². The third-order valence-electron chi connectivity index (χ3n) is 3.44. The zero-order chi connectivity index (χ0) is 16.9. The minimum absolute atomic E-state index is 0.161. The lowest BCUT2D eigenvalue weighted by molar-refractivity contribution is 0.0946.